The number of carbonyl (C=O) groups is 2. The zero-order chi connectivity index (χ0) is 29.1. The lowest BCUT2D eigenvalue weighted by Crippen LogP contribution is -2.46. The fourth-order valence-corrected chi connectivity index (χ4v) is 6.16. The SMILES string of the molecule is COc1ccc(C(C(=O)NC2CCCC2)N(C(=O)c2snc(-c3ccc(F)cc3)c2N)c2cc(C)cc(C)c2)cc1. The van der Waals surface area contributed by atoms with E-state index < -0.39 is 11.9 Å². The van der Waals surface area contributed by atoms with Gasteiger partial charge in [-0.05, 0) is 103 Å². The molecule has 7 nitrogen and oxygen atoms in total. The summed E-state index contributed by atoms with van der Waals surface area (Å²) in [6.07, 6.45) is 3.92. The summed E-state index contributed by atoms with van der Waals surface area (Å²) in [5.74, 6) is -0.448. The second kappa shape index (κ2) is 12.1. The molecule has 3 aromatic carbocycles. The third kappa shape index (κ3) is 6.10. The minimum atomic E-state index is -0.981. The van der Waals surface area contributed by atoms with Gasteiger partial charge in [0.2, 0.25) is 5.91 Å². The number of rotatable bonds is 8. The molecule has 5 rings (SSSR count). The number of hydrogen-bond donors (Lipinski definition) is 2. The van der Waals surface area contributed by atoms with Gasteiger partial charge in [0.1, 0.15) is 28.2 Å². The highest BCUT2D eigenvalue weighted by molar-refractivity contribution is 7.09. The molecule has 1 aromatic heterocycles. The number of hydrogen-bond acceptors (Lipinski definition) is 6. The van der Waals surface area contributed by atoms with Crippen LogP contribution in [0.4, 0.5) is 15.8 Å². The molecule has 0 spiro atoms. The van der Waals surface area contributed by atoms with E-state index in [9.17, 15) is 14.0 Å². The summed E-state index contributed by atoms with van der Waals surface area (Å²) in [6.45, 7) is 3.90. The van der Waals surface area contributed by atoms with Crippen molar-refractivity contribution in [1.82, 2.24) is 9.69 Å². The van der Waals surface area contributed by atoms with Crippen LogP contribution in [0.2, 0.25) is 0 Å². The average molecular weight is 573 g/mol. The van der Waals surface area contributed by atoms with Crippen LogP contribution < -0.4 is 20.7 Å². The normalized spacial score (nSPS) is 14.0. The first kappa shape index (κ1) is 28.3. The number of halogens is 1. The van der Waals surface area contributed by atoms with Crippen molar-refractivity contribution in [3.63, 3.8) is 0 Å². The summed E-state index contributed by atoms with van der Waals surface area (Å²) >= 11 is 0.966. The zero-order valence-electron chi connectivity index (χ0n) is 23.3. The zero-order valence-corrected chi connectivity index (χ0v) is 24.1. The Kier molecular flexibility index (Phi) is 8.35. The second-order valence-corrected chi connectivity index (χ2v) is 11.2. The average Bonchev–Trinajstić information content (AvgIpc) is 3.61. The van der Waals surface area contributed by atoms with E-state index in [1.165, 1.54) is 17.0 Å². The number of aryl methyl sites for hydroxylation is 2. The predicted octanol–water partition coefficient (Wildman–Crippen LogP) is 6.60. The number of aromatic nitrogens is 1. The van der Waals surface area contributed by atoms with Gasteiger partial charge in [0.25, 0.3) is 5.91 Å². The van der Waals surface area contributed by atoms with Gasteiger partial charge in [0, 0.05) is 17.3 Å². The summed E-state index contributed by atoms with van der Waals surface area (Å²) in [6, 6.07) is 17.8. The van der Waals surface area contributed by atoms with Gasteiger partial charge in [-0.3, -0.25) is 14.5 Å². The Morgan fingerprint density at radius 1 is 1.02 bits per heavy atom. The molecule has 1 heterocycles. The standard InChI is InChI=1S/C32H33FN4O3S/c1-19-16-20(2)18-25(17-19)37(32(39)30-27(34)28(36-41-30)21-8-12-23(33)13-9-21)29(22-10-14-26(40-3)15-11-22)31(38)35-24-6-4-5-7-24/h8-18,24,29H,4-7,34H2,1-3H3,(H,35,38). The molecular formula is C32H33FN4O3S. The molecular weight excluding hydrogens is 539 g/mol. The first-order chi connectivity index (χ1) is 19.7. The van der Waals surface area contributed by atoms with Crippen molar-refractivity contribution < 1.29 is 18.7 Å². The maximum atomic E-state index is 14.5. The molecule has 1 unspecified atom stereocenters. The van der Waals surface area contributed by atoms with E-state index in [-0.39, 0.29) is 28.3 Å². The summed E-state index contributed by atoms with van der Waals surface area (Å²) in [5.41, 5.74) is 10.8. The van der Waals surface area contributed by atoms with Gasteiger partial charge in [-0.2, -0.15) is 4.37 Å². The van der Waals surface area contributed by atoms with Crippen molar-refractivity contribution in [1.29, 1.82) is 0 Å². The molecule has 1 aliphatic rings. The van der Waals surface area contributed by atoms with E-state index in [1.807, 2.05) is 32.0 Å². The molecule has 0 bridgehead atoms. The van der Waals surface area contributed by atoms with Gasteiger partial charge in [0.15, 0.2) is 0 Å². The minimum absolute atomic E-state index is 0.0537. The van der Waals surface area contributed by atoms with E-state index in [0.717, 1.165) is 48.3 Å². The number of methoxy groups -OCH3 is 1. The Morgan fingerprint density at radius 2 is 1.66 bits per heavy atom. The lowest BCUT2D eigenvalue weighted by molar-refractivity contribution is -0.123. The molecule has 3 N–H and O–H groups in total. The first-order valence-corrected chi connectivity index (χ1v) is 14.4. The van der Waals surface area contributed by atoms with Crippen molar-refractivity contribution >= 4 is 34.7 Å². The highest BCUT2D eigenvalue weighted by atomic mass is 32.1. The highest BCUT2D eigenvalue weighted by Gasteiger charge is 2.37. The largest absolute Gasteiger partial charge is 0.497 e. The van der Waals surface area contributed by atoms with Crippen molar-refractivity contribution in [2.45, 2.75) is 51.6 Å². The fraction of sp³-hybridized carbons (Fsp3) is 0.281. The summed E-state index contributed by atoms with van der Waals surface area (Å²) in [7, 11) is 1.58. The number of amides is 2. The van der Waals surface area contributed by atoms with E-state index >= 15 is 0 Å². The number of anilines is 2. The third-order valence-corrected chi connectivity index (χ3v) is 8.23. The molecule has 41 heavy (non-hydrogen) atoms. The van der Waals surface area contributed by atoms with E-state index in [1.54, 1.807) is 43.5 Å². The molecule has 1 fully saturated rings. The smallest absolute Gasteiger partial charge is 0.273 e. The topological polar surface area (TPSA) is 97.5 Å². The monoisotopic (exact) mass is 572 g/mol. The number of nitrogen functional groups attached to an aromatic ring is 1. The van der Waals surface area contributed by atoms with Gasteiger partial charge < -0.3 is 15.8 Å². The number of benzene rings is 3. The molecule has 1 saturated carbocycles. The Morgan fingerprint density at radius 3 is 2.27 bits per heavy atom. The second-order valence-electron chi connectivity index (χ2n) is 10.5. The number of nitrogens with zero attached hydrogens (tertiary/aromatic N) is 2. The van der Waals surface area contributed by atoms with Crippen LogP contribution in [0.1, 0.15) is 58.1 Å². The summed E-state index contributed by atoms with van der Waals surface area (Å²) in [5, 5.41) is 3.20. The van der Waals surface area contributed by atoms with E-state index in [4.69, 9.17) is 10.5 Å². The number of carbonyl (C=O) groups excluding carboxylic acids is 2. The van der Waals surface area contributed by atoms with Crippen LogP contribution in [-0.4, -0.2) is 29.3 Å². The molecule has 9 heteroatoms. The van der Waals surface area contributed by atoms with Crippen molar-refractivity contribution in [2.24, 2.45) is 0 Å². The Hall–Kier alpha value is -4.24. The van der Waals surface area contributed by atoms with Gasteiger partial charge >= 0.3 is 0 Å². The van der Waals surface area contributed by atoms with Crippen LogP contribution in [0.15, 0.2) is 66.7 Å². The van der Waals surface area contributed by atoms with Crippen LogP contribution in [0.5, 0.6) is 5.75 Å². The fourth-order valence-electron chi connectivity index (χ4n) is 5.40. The molecule has 1 atom stereocenters. The van der Waals surface area contributed by atoms with Crippen molar-refractivity contribution in [2.75, 3.05) is 17.7 Å². The molecule has 0 aliphatic heterocycles. The molecule has 4 aromatic rings. The molecule has 212 valence electrons. The summed E-state index contributed by atoms with van der Waals surface area (Å²) in [4.78, 5) is 30.3. The minimum Gasteiger partial charge on any atom is -0.497 e. The van der Waals surface area contributed by atoms with Crippen molar-refractivity contribution in [3.05, 3.63) is 94.1 Å². The predicted molar refractivity (Wildman–Crippen MR) is 161 cm³/mol. The van der Waals surface area contributed by atoms with Crippen LogP contribution in [0.3, 0.4) is 0 Å². The number of ether oxygens (including phenoxy) is 1. The molecule has 0 saturated heterocycles. The van der Waals surface area contributed by atoms with Crippen LogP contribution in [0, 0.1) is 19.7 Å². The number of nitrogens with two attached hydrogens (primary N) is 1. The van der Waals surface area contributed by atoms with Gasteiger partial charge in [-0.15, -0.1) is 0 Å². The van der Waals surface area contributed by atoms with Gasteiger partial charge in [-0.1, -0.05) is 31.0 Å². The van der Waals surface area contributed by atoms with Gasteiger partial charge in [0.05, 0.1) is 12.8 Å². The van der Waals surface area contributed by atoms with Crippen LogP contribution in [0.25, 0.3) is 11.3 Å². The molecule has 0 radical (unpaired) electrons. The van der Waals surface area contributed by atoms with Gasteiger partial charge in [-0.25, -0.2) is 4.39 Å². The lowest BCUT2D eigenvalue weighted by Gasteiger charge is -2.32. The molecule has 2 amide bonds. The van der Waals surface area contributed by atoms with E-state index in [2.05, 4.69) is 9.69 Å². The Labute approximate surface area is 243 Å². The summed E-state index contributed by atoms with van der Waals surface area (Å²) < 4.78 is 23.4. The van der Waals surface area contributed by atoms with E-state index in [0.29, 0.717) is 28.3 Å². The van der Waals surface area contributed by atoms with Crippen LogP contribution >= 0.6 is 11.5 Å². The third-order valence-electron chi connectivity index (χ3n) is 7.38. The maximum Gasteiger partial charge on any atom is 0.273 e. The van der Waals surface area contributed by atoms with Crippen molar-refractivity contribution in [3.8, 4) is 17.0 Å². The number of nitrogens with one attached hydrogen (secondary N) is 1. The Balaban J connectivity index is 1.64. The molecule has 1 aliphatic carbocycles. The highest BCUT2D eigenvalue weighted by Crippen LogP contribution is 2.37. The maximum absolute atomic E-state index is 14.5. The lowest BCUT2D eigenvalue weighted by atomic mass is 10.0. The first-order valence-electron chi connectivity index (χ1n) is 13.6. The Bertz CT molecular complexity index is 1530. The quantitative estimate of drug-likeness (QED) is 0.248. The van der Waals surface area contributed by atoms with Crippen LogP contribution in [-0.2, 0) is 4.79 Å².